The zero-order valence-electron chi connectivity index (χ0n) is 11.4. The normalized spacial score (nSPS) is 20.4. The summed E-state index contributed by atoms with van der Waals surface area (Å²) < 4.78 is 0. The molecule has 1 aliphatic rings. The first-order valence-electron chi connectivity index (χ1n) is 7.03. The van der Waals surface area contributed by atoms with Gasteiger partial charge in [0.2, 0.25) is 0 Å². The number of pyridine rings is 1. The SMILES string of the molecule is CN1CCCC(c2ccc(-c3ccccc3)cn2)C1. The summed E-state index contributed by atoms with van der Waals surface area (Å²) in [5, 5.41) is 0. The summed E-state index contributed by atoms with van der Waals surface area (Å²) in [7, 11) is 2.20. The van der Waals surface area contributed by atoms with Crippen LogP contribution in [0.4, 0.5) is 0 Å². The summed E-state index contributed by atoms with van der Waals surface area (Å²) in [5.74, 6) is 0.601. The number of nitrogens with zero attached hydrogens (tertiary/aromatic N) is 2. The van der Waals surface area contributed by atoms with Crippen LogP contribution in [0.2, 0.25) is 0 Å². The van der Waals surface area contributed by atoms with Gasteiger partial charge in [0.25, 0.3) is 0 Å². The smallest absolute Gasteiger partial charge is 0.0447 e. The van der Waals surface area contributed by atoms with Gasteiger partial charge in [-0.15, -0.1) is 0 Å². The molecule has 1 atom stereocenters. The van der Waals surface area contributed by atoms with E-state index in [9.17, 15) is 0 Å². The van der Waals surface area contributed by atoms with Crippen molar-refractivity contribution in [2.45, 2.75) is 18.8 Å². The number of hydrogen-bond donors (Lipinski definition) is 0. The second-order valence-electron chi connectivity index (χ2n) is 5.44. The molecule has 2 nitrogen and oxygen atoms in total. The Labute approximate surface area is 115 Å². The molecule has 0 saturated carbocycles. The maximum absolute atomic E-state index is 4.69. The average Bonchev–Trinajstić information content (AvgIpc) is 2.48. The molecule has 1 unspecified atom stereocenters. The first-order valence-corrected chi connectivity index (χ1v) is 7.03. The second kappa shape index (κ2) is 5.54. The minimum atomic E-state index is 0.601. The van der Waals surface area contributed by atoms with Gasteiger partial charge in [-0.2, -0.15) is 0 Å². The van der Waals surface area contributed by atoms with E-state index in [0.29, 0.717) is 5.92 Å². The van der Waals surface area contributed by atoms with Crippen LogP contribution < -0.4 is 0 Å². The first kappa shape index (κ1) is 12.4. The molecule has 0 radical (unpaired) electrons. The number of piperidine rings is 1. The largest absolute Gasteiger partial charge is 0.306 e. The molecule has 1 saturated heterocycles. The maximum Gasteiger partial charge on any atom is 0.0447 e. The van der Waals surface area contributed by atoms with Crippen LogP contribution in [0.1, 0.15) is 24.5 Å². The predicted molar refractivity (Wildman–Crippen MR) is 79.1 cm³/mol. The molecule has 3 rings (SSSR count). The summed E-state index contributed by atoms with van der Waals surface area (Å²) in [5.41, 5.74) is 3.68. The van der Waals surface area contributed by atoms with Gasteiger partial charge in [0, 0.05) is 29.9 Å². The van der Waals surface area contributed by atoms with E-state index in [4.69, 9.17) is 0 Å². The van der Waals surface area contributed by atoms with E-state index < -0.39 is 0 Å². The Kier molecular flexibility index (Phi) is 3.60. The van der Waals surface area contributed by atoms with E-state index in [1.54, 1.807) is 0 Å². The van der Waals surface area contributed by atoms with Crippen molar-refractivity contribution in [2.75, 3.05) is 20.1 Å². The quantitative estimate of drug-likeness (QED) is 0.812. The van der Waals surface area contributed by atoms with Crippen LogP contribution >= 0.6 is 0 Å². The summed E-state index contributed by atoms with van der Waals surface area (Å²) in [6.07, 6.45) is 4.56. The highest BCUT2D eigenvalue weighted by Crippen LogP contribution is 2.26. The average molecular weight is 252 g/mol. The van der Waals surface area contributed by atoms with E-state index in [1.807, 2.05) is 12.3 Å². The molecule has 0 amide bonds. The van der Waals surface area contributed by atoms with Gasteiger partial charge in [-0.3, -0.25) is 4.98 Å². The molecule has 98 valence electrons. The molecule has 1 aliphatic heterocycles. The molecule has 2 aromatic rings. The van der Waals surface area contributed by atoms with Crippen molar-refractivity contribution in [1.82, 2.24) is 9.88 Å². The van der Waals surface area contributed by atoms with Gasteiger partial charge in [0.15, 0.2) is 0 Å². The number of likely N-dealkylation sites (N-methyl/N-ethyl adjacent to an activating group) is 1. The van der Waals surface area contributed by atoms with Gasteiger partial charge in [-0.05, 0) is 38.1 Å². The molecule has 0 spiro atoms. The Balaban J connectivity index is 1.79. The number of aromatic nitrogens is 1. The third kappa shape index (κ3) is 2.85. The molecular weight excluding hydrogens is 232 g/mol. The van der Waals surface area contributed by atoms with Gasteiger partial charge in [0.05, 0.1) is 0 Å². The van der Waals surface area contributed by atoms with Crippen molar-refractivity contribution >= 4 is 0 Å². The fourth-order valence-corrected chi connectivity index (χ4v) is 2.86. The van der Waals surface area contributed by atoms with Crippen molar-refractivity contribution in [3.63, 3.8) is 0 Å². The zero-order chi connectivity index (χ0) is 13.1. The highest BCUT2D eigenvalue weighted by molar-refractivity contribution is 5.62. The Morgan fingerprint density at radius 3 is 2.58 bits per heavy atom. The van der Waals surface area contributed by atoms with Gasteiger partial charge >= 0.3 is 0 Å². The Morgan fingerprint density at radius 1 is 1.05 bits per heavy atom. The lowest BCUT2D eigenvalue weighted by atomic mass is 9.94. The summed E-state index contributed by atoms with van der Waals surface area (Å²) in [6.45, 7) is 2.36. The molecule has 1 aromatic carbocycles. The van der Waals surface area contributed by atoms with Gasteiger partial charge in [-0.25, -0.2) is 0 Å². The van der Waals surface area contributed by atoms with E-state index >= 15 is 0 Å². The monoisotopic (exact) mass is 252 g/mol. The lowest BCUT2D eigenvalue weighted by molar-refractivity contribution is 0.248. The molecule has 0 N–H and O–H groups in total. The van der Waals surface area contributed by atoms with Crippen LogP contribution in [0.25, 0.3) is 11.1 Å². The van der Waals surface area contributed by atoms with E-state index in [1.165, 1.54) is 36.2 Å². The summed E-state index contributed by atoms with van der Waals surface area (Å²) >= 11 is 0. The fourth-order valence-electron chi connectivity index (χ4n) is 2.86. The Morgan fingerprint density at radius 2 is 1.89 bits per heavy atom. The number of rotatable bonds is 2. The fraction of sp³-hybridized carbons (Fsp3) is 0.353. The van der Waals surface area contributed by atoms with Crippen LogP contribution in [-0.2, 0) is 0 Å². The van der Waals surface area contributed by atoms with E-state index in [-0.39, 0.29) is 0 Å². The number of hydrogen-bond acceptors (Lipinski definition) is 2. The van der Waals surface area contributed by atoms with Crippen LogP contribution in [0.3, 0.4) is 0 Å². The van der Waals surface area contributed by atoms with E-state index in [2.05, 4.69) is 53.3 Å². The molecular formula is C17H20N2. The highest BCUT2D eigenvalue weighted by atomic mass is 15.1. The molecule has 0 aliphatic carbocycles. The molecule has 2 heterocycles. The first-order chi connectivity index (χ1) is 9.33. The third-order valence-corrected chi connectivity index (χ3v) is 3.94. The van der Waals surface area contributed by atoms with Crippen molar-refractivity contribution in [3.05, 3.63) is 54.4 Å². The van der Waals surface area contributed by atoms with Crippen molar-refractivity contribution in [1.29, 1.82) is 0 Å². The lowest BCUT2D eigenvalue weighted by Gasteiger charge is -2.29. The standard InChI is InChI=1S/C17H20N2/c1-19-11-5-8-16(13-19)17-10-9-15(12-18-17)14-6-3-2-4-7-14/h2-4,6-7,9-10,12,16H,5,8,11,13H2,1H3. The van der Waals surface area contributed by atoms with Crippen LogP contribution in [0.15, 0.2) is 48.7 Å². The van der Waals surface area contributed by atoms with Gasteiger partial charge < -0.3 is 4.90 Å². The van der Waals surface area contributed by atoms with Crippen LogP contribution in [0.5, 0.6) is 0 Å². The third-order valence-electron chi connectivity index (χ3n) is 3.94. The van der Waals surface area contributed by atoms with Crippen molar-refractivity contribution < 1.29 is 0 Å². The topological polar surface area (TPSA) is 16.1 Å². The molecule has 19 heavy (non-hydrogen) atoms. The molecule has 1 aromatic heterocycles. The van der Waals surface area contributed by atoms with Crippen molar-refractivity contribution in [2.24, 2.45) is 0 Å². The number of benzene rings is 1. The number of likely N-dealkylation sites (tertiary alicyclic amines) is 1. The summed E-state index contributed by atoms with van der Waals surface area (Å²) in [4.78, 5) is 7.09. The summed E-state index contributed by atoms with van der Waals surface area (Å²) in [6, 6.07) is 14.8. The predicted octanol–water partition coefficient (Wildman–Crippen LogP) is 3.56. The molecule has 0 bridgehead atoms. The molecule has 2 heteroatoms. The van der Waals surface area contributed by atoms with Crippen LogP contribution in [0, 0.1) is 0 Å². The Hall–Kier alpha value is -1.67. The lowest BCUT2D eigenvalue weighted by Crippen LogP contribution is -2.31. The van der Waals surface area contributed by atoms with E-state index in [0.717, 1.165) is 6.54 Å². The van der Waals surface area contributed by atoms with Crippen LogP contribution in [-0.4, -0.2) is 30.0 Å². The zero-order valence-corrected chi connectivity index (χ0v) is 11.4. The maximum atomic E-state index is 4.69. The highest BCUT2D eigenvalue weighted by Gasteiger charge is 2.19. The van der Waals surface area contributed by atoms with Crippen molar-refractivity contribution in [3.8, 4) is 11.1 Å². The molecule has 1 fully saturated rings. The van der Waals surface area contributed by atoms with Gasteiger partial charge in [0.1, 0.15) is 0 Å². The Bertz CT molecular complexity index is 519. The second-order valence-corrected chi connectivity index (χ2v) is 5.44. The minimum Gasteiger partial charge on any atom is -0.306 e. The van der Waals surface area contributed by atoms with Gasteiger partial charge in [-0.1, -0.05) is 36.4 Å². The minimum absolute atomic E-state index is 0.601.